The number of nitrogens with zero attached hydrogens (tertiary/aromatic N) is 1. The van der Waals surface area contributed by atoms with E-state index < -0.39 is 6.04 Å². The lowest BCUT2D eigenvalue weighted by Gasteiger charge is -2.29. The van der Waals surface area contributed by atoms with Gasteiger partial charge in [-0.15, -0.1) is 11.8 Å². The molecule has 2 aromatic carbocycles. The fraction of sp³-hybridized carbons (Fsp3) is 0.440. The lowest BCUT2D eigenvalue weighted by molar-refractivity contribution is -0.138. The first-order valence-electron chi connectivity index (χ1n) is 10.6. The smallest absolute Gasteiger partial charge is 0.242 e. The van der Waals surface area contributed by atoms with E-state index in [1.165, 1.54) is 16.7 Å². The van der Waals surface area contributed by atoms with Crippen LogP contribution in [0.1, 0.15) is 43.0 Å². The van der Waals surface area contributed by atoms with Gasteiger partial charge in [0.15, 0.2) is 0 Å². The Bertz CT molecular complexity index is 878. The molecule has 168 valence electrons. The molecule has 5 nitrogen and oxygen atoms in total. The van der Waals surface area contributed by atoms with Gasteiger partial charge in [0.25, 0.3) is 0 Å². The van der Waals surface area contributed by atoms with Gasteiger partial charge in [0.1, 0.15) is 11.8 Å². The monoisotopic (exact) mass is 442 g/mol. The van der Waals surface area contributed by atoms with Crippen LogP contribution in [0.15, 0.2) is 42.5 Å². The van der Waals surface area contributed by atoms with E-state index in [1.54, 1.807) is 30.7 Å². The fourth-order valence-electron chi connectivity index (χ4n) is 3.45. The molecule has 2 amide bonds. The molecule has 0 saturated carbocycles. The Morgan fingerprint density at radius 2 is 1.71 bits per heavy atom. The summed E-state index contributed by atoms with van der Waals surface area (Å²) < 4.78 is 5.30. The van der Waals surface area contributed by atoms with Gasteiger partial charge in [-0.25, -0.2) is 0 Å². The van der Waals surface area contributed by atoms with Crippen molar-refractivity contribution in [1.29, 1.82) is 0 Å². The number of hydrogen-bond acceptors (Lipinski definition) is 4. The first-order chi connectivity index (χ1) is 14.7. The molecule has 31 heavy (non-hydrogen) atoms. The van der Waals surface area contributed by atoms with Crippen LogP contribution in [0.5, 0.6) is 5.75 Å². The van der Waals surface area contributed by atoms with Crippen LogP contribution < -0.4 is 10.1 Å². The molecule has 0 fully saturated rings. The zero-order valence-corrected chi connectivity index (χ0v) is 20.2. The van der Waals surface area contributed by atoms with Crippen molar-refractivity contribution >= 4 is 23.6 Å². The van der Waals surface area contributed by atoms with Gasteiger partial charge >= 0.3 is 0 Å². The summed E-state index contributed by atoms with van der Waals surface area (Å²) in [6.07, 6.45) is 0. The number of thioether (sulfide) groups is 1. The number of amides is 2. The van der Waals surface area contributed by atoms with Crippen LogP contribution in [-0.2, 0) is 21.9 Å². The SMILES string of the molecule is COc1cccc(CN(C(=O)CSCc2cc(C)cc(C)c2)C(C)C(=O)NC(C)C)c1. The van der Waals surface area contributed by atoms with E-state index in [9.17, 15) is 9.59 Å². The largest absolute Gasteiger partial charge is 0.497 e. The third-order valence-corrected chi connectivity index (χ3v) is 5.85. The molecule has 0 heterocycles. The number of nitrogens with one attached hydrogen (secondary N) is 1. The minimum absolute atomic E-state index is 0.0163. The number of benzene rings is 2. The number of methoxy groups -OCH3 is 1. The van der Waals surface area contributed by atoms with Gasteiger partial charge in [0, 0.05) is 18.3 Å². The van der Waals surface area contributed by atoms with E-state index in [0.717, 1.165) is 17.1 Å². The van der Waals surface area contributed by atoms with Crippen LogP contribution in [0.25, 0.3) is 0 Å². The topological polar surface area (TPSA) is 58.6 Å². The first kappa shape index (κ1) is 24.8. The predicted molar refractivity (Wildman–Crippen MR) is 128 cm³/mol. The van der Waals surface area contributed by atoms with Crippen molar-refractivity contribution in [3.05, 3.63) is 64.7 Å². The van der Waals surface area contributed by atoms with Crippen LogP contribution in [0, 0.1) is 13.8 Å². The van der Waals surface area contributed by atoms with Crippen molar-refractivity contribution in [2.45, 2.75) is 59.0 Å². The summed E-state index contributed by atoms with van der Waals surface area (Å²) in [5, 5.41) is 2.92. The summed E-state index contributed by atoms with van der Waals surface area (Å²) in [4.78, 5) is 27.5. The number of hydrogen-bond donors (Lipinski definition) is 1. The summed E-state index contributed by atoms with van der Waals surface area (Å²) in [7, 11) is 1.62. The number of carbonyl (C=O) groups is 2. The molecule has 0 aromatic heterocycles. The Kier molecular flexibility index (Phi) is 9.44. The molecule has 0 saturated heterocycles. The van der Waals surface area contributed by atoms with E-state index in [4.69, 9.17) is 4.74 Å². The number of aryl methyl sites for hydroxylation is 2. The van der Waals surface area contributed by atoms with Gasteiger partial charge in [0.05, 0.1) is 12.9 Å². The van der Waals surface area contributed by atoms with Gasteiger partial charge in [-0.3, -0.25) is 9.59 Å². The molecule has 6 heteroatoms. The molecule has 0 aliphatic heterocycles. The summed E-state index contributed by atoms with van der Waals surface area (Å²) in [5.41, 5.74) is 4.58. The van der Waals surface area contributed by atoms with Crippen molar-refractivity contribution in [2.24, 2.45) is 0 Å². The quantitative estimate of drug-likeness (QED) is 0.589. The van der Waals surface area contributed by atoms with E-state index in [2.05, 4.69) is 37.4 Å². The van der Waals surface area contributed by atoms with Crippen LogP contribution in [0.2, 0.25) is 0 Å². The molecule has 1 N–H and O–H groups in total. The van der Waals surface area contributed by atoms with Gasteiger partial charge in [-0.05, 0) is 57.9 Å². The van der Waals surface area contributed by atoms with E-state index >= 15 is 0 Å². The second-order valence-corrected chi connectivity index (χ2v) is 9.19. The average Bonchev–Trinajstić information content (AvgIpc) is 2.70. The first-order valence-corrected chi connectivity index (χ1v) is 11.7. The van der Waals surface area contributed by atoms with Crippen molar-refractivity contribution in [2.75, 3.05) is 12.9 Å². The van der Waals surface area contributed by atoms with Crippen molar-refractivity contribution < 1.29 is 14.3 Å². The third kappa shape index (κ3) is 7.94. The van der Waals surface area contributed by atoms with Crippen LogP contribution in [-0.4, -0.2) is 41.7 Å². The molecule has 2 aromatic rings. The molecular formula is C25H34N2O3S. The summed E-state index contributed by atoms with van der Waals surface area (Å²) in [5.74, 6) is 1.60. The van der Waals surface area contributed by atoms with Crippen molar-refractivity contribution in [3.63, 3.8) is 0 Å². The number of carbonyl (C=O) groups excluding carboxylic acids is 2. The van der Waals surface area contributed by atoms with Gasteiger partial charge < -0.3 is 15.0 Å². The fourth-order valence-corrected chi connectivity index (χ4v) is 4.29. The molecule has 1 atom stereocenters. The van der Waals surface area contributed by atoms with E-state index in [-0.39, 0.29) is 17.9 Å². The predicted octanol–water partition coefficient (Wildman–Crippen LogP) is 4.49. The molecule has 0 radical (unpaired) electrons. The van der Waals surface area contributed by atoms with Crippen molar-refractivity contribution in [3.8, 4) is 5.75 Å². The summed E-state index contributed by atoms with van der Waals surface area (Å²) in [6.45, 7) is 10.1. The Hall–Kier alpha value is -2.47. The Morgan fingerprint density at radius 3 is 2.32 bits per heavy atom. The zero-order chi connectivity index (χ0) is 23.0. The highest BCUT2D eigenvalue weighted by atomic mass is 32.2. The summed E-state index contributed by atoms with van der Waals surface area (Å²) >= 11 is 1.57. The van der Waals surface area contributed by atoms with E-state index in [0.29, 0.717) is 12.3 Å². The highest BCUT2D eigenvalue weighted by molar-refractivity contribution is 7.99. The molecule has 1 unspecified atom stereocenters. The Morgan fingerprint density at radius 1 is 1.03 bits per heavy atom. The third-order valence-electron chi connectivity index (χ3n) is 4.86. The molecule has 0 spiro atoms. The molecule has 0 aliphatic rings. The Labute approximate surface area is 190 Å². The highest BCUT2D eigenvalue weighted by Gasteiger charge is 2.26. The molecule has 0 aliphatic carbocycles. The molecule has 2 rings (SSSR count). The molecule has 0 bridgehead atoms. The van der Waals surface area contributed by atoms with Crippen LogP contribution in [0.4, 0.5) is 0 Å². The van der Waals surface area contributed by atoms with Crippen LogP contribution in [0.3, 0.4) is 0 Å². The van der Waals surface area contributed by atoms with Crippen molar-refractivity contribution in [1.82, 2.24) is 10.2 Å². The van der Waals surface area contributed by atoms with Gasteiger partial charge in [-0.2, -0.15) is 0 Å². The standard InChI is InChI=1S/C25H34N2O3S/c1-17(2)26-25(29)20(5)27(14-21-8-7-9-23(13-21)30-6)24(28)16-31-15-22-11-18(3)10-19(4)12-22/h7-13,17,20H,14-16H2,1-6H3,(H,26,29). The maximum absolute atomic E-state index is 13.2. The molecular weight excluding hydrogens is 408 g/mol. The number of ether oxygens (including phenoxy) is 1. The second-order valence-electron chi connectivity index (χ2n) is 8.20. The Balaban J connectivity index is 2.11. The van der Waals surface area contributed by atoms with E-state index in [1.807, 2.05) is 38.1 Å². The summed E-state index contributed by atoms with van der Waals surface area (Å²) in [6, 6.07) is 13.5. The number of rotatable bonds is 10. The minimum atomic E-state index is -0.567. The lowest BCUT2D eigenvalue weighted by atomic mass is 10.1. The lowest BCUT2D eigenvalue weighted by Crippen LogP contribution is -2.49. The highest BCUT2D eigenvalue weighted by Crippen LogP contribution is 2.19. The zero-order valence-electron chi connectivity index (χ0n) is 19.4. The maximum Gasteiger partial charge on any atom is 0.242 e. The van der Waals surface area contributed by atoms with Gasteiger partial charge in [0.2, 0.25) is 11.8 Å². The average molecular weight is 443 g/mol. The second kappa shape index (κ2) is 11.8. The van der Waals surface area contributed by atoms with Crippen LogP contribution >= 0.6 is 11.8 Å². The minimum Gasteiger partial charge on any atom is -0.497 e. The maximum atomic E-state index is 13.2. The normalized spacial score (nSPS) is 11.8. The van der Waals surface area contributed by atoms with Gasteiger partial charge in [-0.1, -0.05) is 41.5 Å².